The largest absolute Gasteiger partial charge is 0.368 e. The lowest BCUT2D eigenvalue weighted by molar-refractivity contribution is 0.101. The Balaban J connectivity index is 1.82. The van der Waals surface area contributed by atoms with E-state index < -0.39 is 21.7 Å². The third-order valence-electron chi connectivity index (χ3n) is 4.61. The predicted molar refractivity (Wildman–Crippen MR) is 98.5 cm³/mol. The van der Waals surface area contributed by atoms with E-state index in [1.807, 2.05) is 11.0 Å². The first kappa shape index (κ1) is 19.9. The zero-order valence-corrected chi connectivity index (χ0v) is 15.8. The number of benzene rings is 2. The fourth-order valence-electron chi connectivity index (χ4n) is 3.12. The summed E-state index contributed by atoms with van der Waals surface area (Å²) in [5, 5.41) is 9.11. The van der Waals surface area contributed by atoms with Crippen molar-refractivity contribution in [2.45, 2.75) is 11.8 Å². The number of nitriles is 1. The Morgan fingerprint density at radius 3 is 2.29 bits per heavy atom. The Kier molecular flexibility index (Phi) is 5.45. The summed E-state index contributed by atoms with van der Waals surface area (Å²) in [7, 11) is -3.97. The Morgan fingerprint density at radius 2 is 1.71 bits per heavy atom. The molecule has 1 fully saturated rings. The highest BCUT2D eigenvalue weighted by Crippen LogP contribution is 2.26. The molecule has 1 aliphatic heterocycles. The summed E-state index contributed by atoms with van der Waals surface area (Å²) in [4.78, 5) is 13.4. The summed E-state index contributed by atoms with van der Waals surface area (Å²) in [6.07, 6.45) is 0. The average Bonchev–Trinajstić information content (AvgIpc) is 2.69. The number of anilines is 1. The number of nitrogens with zero attached hydrogens (tertiary/aromatic N) is 3. The number of halogens is 2. The van der Waals surface area contributed by atoms with E-state index in [9.17, 15) is 22.0 Å². The van der Waals surface area contributed by atoms with E-state index in [0.717, 1.165) is 12.1 Å². The molecule has 1 saturated heterocycles. The van der Waals surface area contributed by atoms with Crippen molar-refractivity contribution in [2.75, 3.05) is 31.1 Å². The van der Waals surface area contributed by atoms with E-state index in [1.165, 1.54) is 11.2 Å². The number of hydrogen-bond acceptors (Lipinski definition) is 5. The van der Waals surface area contributed by atoms with Gasteiger partial charge in [0.2, 0.25) is 10.0 Å². The molecule has 0 N–H and O–H groups in total. The third kappa shape index (κ3) is 3.74. The van der Waals surface area contributed by atoms with Crippen LogP contribution in [0.4, 0.5) is 14.5 Å². The smallest absolute Gasteiger partial charge is 0.243 e. The Labute approximate surface area is 161 Å². The minimum Gasteiger partial charge on any atom is -0.368 e. The van der Waals surface area contributed by atoms with Gasteiger partial charge in [0, 0.05) is 37.4 Å². The van der Waals surface area contributed by atoms with Crippen molar-refractivity contribution >= 4 is 21.5 Å². The maximum atomic E-state index is 13.4. The Morgan fingerprint density at radius 1 is 1.04 bits per heavy atom. The van der Waals surface area contributed by atoms with Crippen LogP contribution in [0.3, 0.4) is 0 Å². The first-order valence-electron chi connectivity index (χ1n) is 8.49. The van der Waals surface area contributed by atoms with Crippen molar-refractivity contribution in [2.24, 2.45) is 0 Å². The molecule has 2 aromatic carbocycles. The second-order valence-corrected chi connectivity index (χ2v) is 8.30. The molecule has 0 atom stereocenters. The van der Waals surface area contributed by atoms with Crippen LogP contribution in [0.2, 0.25) is 0 Å². The highest BCUT2D eigenvalue weighted by atomic mass is 32.2. The lowest BCUT2D eigenvalue weighted by Gasteiger charge is -2.36. The molecule has 0 radical (unpaired) electrons. The fourth-order valence-corrected chi connectivity index (χ4v) is 4.55. The van der Waals surface area contributed by atoms with Gasteiger partial charge in [-0.2, -0.15) is 9.57 Å². The summed E-state index contributed by atoms with van der Waals surface area (Å²) >= 11 is 0. The molecule has 0 spiro atoms. The highest BCUT2D eigenvalue weighted by Gasteiger charge is 2.30. The number of ketones is 1. The average molecular weight is 405 g/mol. The van der Waals surface area contributed by atoms with Gasteiger partial charge in [-0.3, -0.25) is 4.79 Å². The maximum absolute atomic E-state index is 13.4. The van der Waals surface area contributed by atoms with E-state index in [1.54, 1.807) is 18.2 Å². The summed E-state index contributed by atoms with van der Waals surface area (Å²) < 4.78 is 53.1. The van der Waals surface area contributed by atoms with Crippen LogP contribution < -0.4 is 4.90 Å². The standard InChI is InChI=1S/C19H17F2N3O3S/c1-13(25)16-4-2-14(12-22)10-19(16)23-6-8-24(9-7-23)28(26,27)15-3-5-17(20)18(21)11-15/h2-5,10-11H,6-9H2,1H3. The number of hydrogen-bond donors (Lipinski definition) is 0. The molecule has 9 heteroatoms. The first-order chi connectivity index (χ1) is 13.2. The fraction of sp³-hybridized carbons (Fsp3) is 0.263. The molecule has 6 nitrogen and oxygen atoms in total. The first-order valence-corrected chi connectivity index (χ1v) is 9.93. The van der Waals surface area contributed by atoms with Crippen LogP contribution in [-0.2, 0) is 10.0 Å². The summed E-state index contributed by atoms with van der Waals surface area (Å²) in [6.45, 7) is 2.22. The summed E-state index contributed by atoms with van der Waals surface area (Å²) in [5.74, 6) is -2.49. The predicted octanol–water partition coefficient (Wildman–Crippen LogP) is 2.55. The van der Waals surface area contributed by atoms with Gasteiger partial charge in [0.15, 0.2) is 17.4 Å². The van der Waals surface area contributed by atoms with E-state index >= 15 is 0 Å². The zero-order valence-electron chi connectivity index (χ0n) is 15.0. The molecule has 28 heavy (non-hydrogen) atoms. The van der Waals surface area contributed by atoms with Crippen molar-refractivity contribution in [3.8, 4) is 6.07 Å². The highest BCUT2D eigenvalue weighted by molar-refractivity contribution is 7.89. The molecule has 0 amide bonds. The van der Waals surface area contributed by atoms with Crippen molar-refractivity contribution in [3.05, 3.63) is 59.2 Å². The lowest BCUT2D eigenvalue weighted by atomic mass is 10.0. The van der Waals surface area contributed by atoms with Crippen LogP contribution in [0.5, 0.6) is 0 Å². The number of sulfonamides is 1. The van der Waals surface area contributed by atoms with Crippen molar-refractivity contribution in [1.29, 1.82) is 5.26 Å². The van der Waals surface area contributed by atoms with Gasteiger partial charge in [0.05, 0.1) is 16.5 Å². The molecule has 1 aliphatic rings. The minimum absolute atomic E-state index is 0.107. The van der Waals surface area contributed by atoms with Gasteiger partial charge >= 0.3 is 0 Å². The molecule has 0 unspecified atom stereocenters. The van der Waals surface area contributed by atoms with E-state index in [-0.39, 0.29) is 36.9 Å². The topological polar surface area (TPSA) is 81.5 Å². The monoisotopic (exact) mass is 405 g/mol. The van der Waals surface area contributed by atoms with Gasteiger partial charge in [-0.25, -0.2) is 17.2 Å². The van der Waals surface area contributed by atoms with Gasteiger partial charge in [0.1, 0.15) is 0 Å². The summed E-state index contributed by atoms with van der Waals surface area (Å²) in [6, 6.07) is 9.26. The Hall–Kier alpha value is -2.83. The molecular weight excluding hydrogens is 388 g/mol. The SMILES string of the molecule is CC(=O)c1ccc(C#N)cc1N1CCN(S(=O)(=O)c2ccc(F)c(F)c2)CC1. The van der Waals surface area contributed by atoms with E-state index in [2.05, 4.69) is 0 Å². The normalized spacial score (nSPS) is 15.3. The van der Waals surface area contributed by atoms with Gasteiger partial charge < -0.3 is 4.90 Å². The van der Waals surface area contributed by atoms with Crippen LogP contribution in [0, 0.1) is 23.0 Å². The van der Waals surface area contributed by atoms with Gasteiger partial charge in [-0.15, -0.1) is 0 Å². The molecule has 2 aromatic rings. The second-order valence-electron chi connectivity index (χ2n) is 6.37. The molecule has 0 aromatic heterocycles. The number of piperazine rings is 1. The maximum Gasteiger partial charge on any atom is 0.243 e. The van der Waals surface area contributed by atoms with Crippen LogP contribution in [0.25, 0.3) is 0 Å². The molecule has 1 heterocycles. The van der Waals surface area contributed by atoms with Crippen LogP contribution >= 0.6 is 0 Å². The molecular formula is C19H17F2N3O3S. The molecule has 146 valence electrons. The van der Waals surface area contributed by atoms with Gasteiger partial charge in [0.25, 0.3) is 0 Å². The second kappa shape index (κ2) is 7.66. The molecule has 0 saturated carbocycles. The van der Waals surface area contributed by atoms with Gasteiger partial charge in [-0.1, -0.05) is 0 Å². The lowest BCUT2D eigenvalue weighted by Crippen LogP contribution is -2.49. The van der Waals surface area contributed by atoms with E-state index in [0.29, 0.717) is 22.9 Å². The molecule has 0 aliphatic carbocycles. The third-order valence-corrected chi connectivity index (χ3v) is 6.51. The quantitative estimate of drug-likeness (QED) is 0.731. The Bertz CT molecular complexity index is 1070. The molecule has 3 rings (SSSR count). The van der Waals surface area contributed by atoms with E-state index in [4.69, 9.17) is 5.26 Å². The van der Waals surface area contributed by atoms with Crippen LogP contribution in [0.15, 0.2) is 41.3 Å². The number of Topliss-reactive ketones (excluding diaryl/α,β-unsaturated/α-hetero) is 1. The van der Waals surface area contributed by atoms with Crippen LogP contribution in [0.1, 0.15) is 22.8 Å². The number of rotatable bonds is 4. The van der Waals surface area contributed by atoms with Crippen molar-refractivity contribution < 1.29 is 22.0 Å². The van der Waals surface area contributed by atoms with Crippen LogP contribution in [-0.4, -0.2) is 44.7 Å². The molecule has 0 bridgehead atoms. The number of carbonyl (C=O) groups is 1. The number of carbonyl (C=O) groups excluding carboxylic acids is 1. The summed E-state index contributed by atoms with van der Waals surface area (Å²) in [5.41, 5.74) is 1.43. The minimum atomic E-state index is -3.97. The van der Waals surface area contributed by atoms with Gasteiger partial charge in [-0.05, 0) is 43.3 Å². The zero-order chi connectivity index (χ0) is 20.5. The van der Waals surface area contributed by atoms with Crippen molar-refractivity contribution in [1.82, 2.24) is 4.31 Å². The van der Waals surface area contributed by atoms with Crippen molar-refractivity contribution in [3.63, 3.8) is 0 Å².